The lowest BCUT2D eigenvalue weighted by Gasteiger charge is -2.42. The van der Waals surface area contributed by atoms with Crippen LogP contribution in [0, 0.1) is 17.2 Å². The van der Waals surface area contributed by atoms with Crippen molar-refractivity contribution in [3.8, 4) is 17.6 Å². The van der Waals surface area contributed by atoms with Crippen LogP contribution in [0.25, 0.3) is 0 Å². The third kappa shape index (κ3) is 10.1. The summed E-state index contributed by atoms with van der Waals surface area (Å²) in [6.45, 7) is 11.2. The average molecular weight is 758 g/mol. The van der Waals surface area contributed by atoms with E-state index in [1.54, 1.807) is 40.3 Å². The van der Waals surface area contributed by atoms with E-state index in [0.29, 0.717) is 24.3 Å². The number of nitrogens with zero attached hydrogens (tertiary/aromatic N) is 4. The second-order valence-electron chi connectivity index (χ2n) is 14.1. The third-order valence-electron chi connectivity index (χ3n) is 9.19. The Morgan fingerprint density at radius 2 is 1.46 bits per heavy atom. The smallest absolute Gasteiger partial charge is 0.349 e. The summed E-state index contributed by atoms with van der Waals surface area (Å²) >= 11 is 0. The first kappa shape index (κ1) is 42.1. The van der Waals surface area contributed by atoms with Crippen LogP contribution in [0.15, 0.2) is 95.9 Å². The van der Waals surface area contributed by atoms with Crippen LogP contribution in [0.3, 0.4) is 0 Å². The molecular weight excluding hydrogens is 705 g/mol. The SMILES string of the molecule is COc1ccc(C(OC[C@@H](COP(O)N(C(C)C)C(C)(C)CCC#N)n2ccc(NC(=O)C(C)C)nc2=O)(c2ccccc2)c2ccc(OC)cc2)cc1. The lowest BCUT2D eigenvalue weighted by atomic mass is 9.80. The predicted molar refractivity (Wildman–Crippen MR) is 210 cm³/mol. The number of carbonyl (C=O) groups excluding carboxylic acids is 1. The van der Waals surface area contributed by atoms with Gasteiger partial charge in [0.05, 0.1) is 39.5 Å². The lowest BCUT2D eigenvalue weighted by Crippen LogP contribution is -2.45. The first-order valence-electron chi connectivity index (χ1n) is 17.9. The first-order valence-corrected chi connectivity index (χ1v) is 19.1. The molecule has 0 saturated carbocycles. The molecule has 0 bridgehead atoms. The van der Waals surface area contributed by atoms with Gasteiger partial charge >= 0.3 is 5.69 Å². The fourth-order valence-electron chi connectivity index (χ4n) is 6.35. The Hall–Kier alpha value is -4.63. The molecule has 0 aliphatic rings. The van der Waals surface area contributed by atoms with Crippen molar-refractivity contribution in [2.45, 2.75) is 77.6 Å². The van der Waals surface area contributed by atoms with Crippen molar-refractivity contribution in [2.24, 2.45) is 5.92 Å². The highest BCUT2D eigenvalue weighted by atomic mass is 31.2. The van der Waals surface area contributed by atoms with Gasteiger partial charge in [-0.3, -0.25) is 9.36 Å². The molecule has 4 rings (SSSR count). The van der Waals surface area contributed by atoms with Crippen molar-refractivity contribution in [3.05, 3.63) is 118 Å². The molecule has 3 aromatic carbocycles. The second kappa shape index (κ2) is 19.1. The van der Waals surface area contributed by atoms with Gasteiger partial charge in [0.2, 0.25) is 5.91 Å². The van der Waals surface area contributed by atoms with Crippen LogP contribution in [0.2, 0.25) is 0 Å². The Balaban J connectivity index is 1.83. The van der Waals surface area contributed by atoms with Crippen LogP contribution >= 0.6 is 8.53 Å². The van der Waals surface area contributed by atoms with Crippen LogP contribution in [0.4, 0.5) is 5.82 Å². The van der Waals surface area contributed by atoms with E-state index in [-0.39, 0.29) is 36.9 Å². The molecule has 4 aromatic rings. The Labute approximate surface area is 319 Å². The molecule has 2 atom stereocenters. The average Bonchev–Trinajstić information content (AvgIpc) is 3.16. The molecule has 0 aliphatic heterocycles. The number of nitrogens with one attached hydrogen (secondary N) is 1. The van der Waals surface area contributed by atoms with Crippen LogP contribution in [-0.4, -0.2) is 64.0 Å². The molecule has 1 amide bonds. The van der Waals surface area contributed by atoms with Gasteiger partial charge in [0, 0.05) is 30.1 Å². The first-order chi connectivity index (χ1) is 25.8. The zero-order valence-corrected chi connectivity index (χ0v) is 33.2. The van der Waals surface area contributed by atoms with Gasteiger partial charge in [0.15, 0.2) is 0 Å². The molecule has 0 saturated heterocycles. The van der Waals surface area contributed by atoms with Crippen molar-refractivity contribution in [2.75, 3.05) is 32.8 Å². The number of anilines is 1. The van der Waals surface area contributed by atoms with E-state index >= 15 is 0 Å². The topological polar surface area (TPSA) is 148 Å². The van der Waals surface area contributed by atoms with Gasteiger partial charge in [-0.25, -0.2) is 9.46 Å². The number of hydrogen-bond acceptors (Lipinski definition) is 10. The number of hydrogen-bond donors (Lipinski definition) is 2. The molecule has 1 heterocycles. The maximum absolute atomic E-state index is 13.7. The van der Waals surface area contributed by atoms with Gasteiger partial charge in [0.25, 0.3) is 8.53 Å². The molecule has 0 radical (unpaired) electrons. The number of nitriles is 1. The zero-order chi connectivity index (χ0) is 39.5. The van der Waals surface area contributed by atoms with Crippen LogP contribution in [0.5, 0.6) is 11.5 Å². The van der Waals surface area contributed by atoms with E-state index in [4.69, 9.17) is 18.7 Å². The quantitative estimate of drug-likeness (QED) is 0.0731. The Morgan fingerprint density at radius 1 is 0.907 bits per heavy atom. The van der Waals surface area contributed by atoms with Gasteiger partial charge in [-0.1, -0.05) is 68.4 Å². The number of ether oxygens (including phenoxy) is 3. The lowest BCUT2D eigenvalue weighted by molar-refractivity contribution is -0.118. The largest absolute Gasteiger partial charge is 0.497 e. The molecule has 54 heavy (non-hydrogen) atoms. The summed E-state index contributed by atoms with van der Waals surface area (Å²) in [5, 5.41) is 12.0. The number of rotatable bonds is 19. The molecule has 0 spiro atoms. The molecule has 288 valence electrons. The minimum absolute atomic E-state index is 0.0745. The van der Waals surface area contributed by atoms with E-state index in [2.05, 4.69) is 16.4 Å². The highest BCUT2D eigenvalue weighted by molar-refractivity contribution is 7.43. The second-order valence-corrected chi connectivity index (χ2v) is 15.3. The predicted octanol–water partition coefficient (Wildman–Crippen LogP) is 7.43. The minimum Gasteiger partial charge on any atom is -0.497 e. The van der Waals surface area contributed by atoms with Gasteiger partial charge in [-0.05, 0) is 81.1 Å². The van der Waals surface area contributed by atoms with Gasteiger partial charge < -0.3 is 28.9 Å². The summed E-state index contributed by atoms with van der Waals surface area (Å²) in [6.07, 6.45) is 2.38. The van der Waals surface area contributed by atoms with Gasteiger partial charge in [-0.2, -0.15) is 10.2 Å². The van der Waals surface area contributed by atoms with Crippen LogP contribution in [0.1, 0.15) is 77.1 Å². The van der Waals surface area contributed by atoms with Gasteiger partial charge in [-0.15, -0.1) is 0 Å². The van der Waals surface area contributed by atoms with E-state index in [1.807, 2.05) is 111 Å². The Bertz CT molecular complexity index is 1850. The molecule has 1 unspecified atom stereocenters. The highest BCUT2D eigenvalue weighted by Gasteiger charge is 2.40. The maximum Gasteiger partial charge on any atom is 0.349 e. The molecule has 13 heteroatoms. The van der Waals surface area contributed by atoms with Crippen LogP contribution in [-0.2, 0) is 19.7 Å². The van der Waals surface area contributed by atoms with Crippen molar-refractivity contribution in [3.63, 3.8) is 0 Å². The van der Waals surface area contributed by atoms with E-state index in [1.165, 1.54) is 4.57 Å². The highest BCUT2D eigenvalue weighted by Crippen LogP contribution is 2.47. The maximum atomic E-state index is 13.7. The summed E-state index contributed by atoms with van der Waals surface area (Å²) in [6, 6.07) is 27.9. The van der Waals surface area contributed by atoms with E-state index in [9.17, 15) is 19.7 Å². The molecular formula is C41H52N5O7P. The van der Waals surface area contributed by atoms with E-state index < -0.39 is 31.4 Å². The zero-order valence-electron chi connectivity index (χ0n) is 32.4. The van der Waals surface area contributed by atoms with Crippen molar-refractivity contribution in [1.82, 2.24) is 14.2 Å². The summed E-state index contributed by atoms with van der Waals surface area (Å²) in [5.74, 6) is 0.893. The Kier molecular flexibility index (Phi) is 14.9. The number of carbonyl (C=O) groups is 1. The standard InChI is InChI=1S/C41H52N5O7P/c1-29(2)38(47)43-37-23-26-45(39(48)44-37)34(28-53-54(49)46(30(3)4)40(5,6)24-12-25-42)27-52-41(31-13-10-9-11-14-31,32-15-19-35(50-7)20-16-32)33-17-21-36(51-8)22-18-33/h9-11,13-23,26,29-30,34,49H,12,24,27-28H2,1-8H3,(H,43,44,47,48)/t34-,54?/m0/s1. The number of benzene rings is 3. The van der Waals surface area contributed by atoms with Crippen LogP contribution < -0.4 is 20.5 Å². The molecule has 0 fully saturated rings. The van der Waals surface area contributed by atoms with Crippen molar-refractivity contribution in [1.29, 1.82) is 5.26 Å². The Morgan fingerprint density at radius 3 is 1.94 bits per heavy atom. The summed E-state index contributed by atoms with van der Waals surface area (Å²) in [5.41, 5.74) is 0.0264. The molecule has 2 N–H and O–H groups in total. The normalized spacial score (nSPS) is 13.1. The molecule has 1 aromatic heterocycles. The number of amides is 1. The van der Waals surface area contributed by atoms with Crippen molar-refractivity contribution >= 4 is 20.3 Å². The fourth-order valence-corrected chi connectivity index (χ4v) is 7.74. The third-order valence-corrected chi connectivity index (χ3v) is 10.9. The molecule has 12 nitrogen and oxygen atoms in total. The van der Waals surface area contributed by atoms with Gasteiger partial charge in [0.1, 0.15) is 22.9 Å². The minimum atomic E-state index is -2.18. The number of methoxy groups -OCH3 is 2. The summed E-state index contributed by atoms with van der Waals surface area (Å²) < 4.78 is 27.7. The summed E-state index contributed by atoms with van der Waals surface area (Å²) in [4.78, 5) is 41.9. The van der Waals surface area contributed by atoms with E-state index in [0.717, 1.165) is 16.7 Å². The number of aromatic nitrogens is 2. The monoisotopic (exact) mass is 757 g/mol. The van der Waals surface area contributed by atoms with Crippen molar-refractivity contribution < 1.29 is 28.4 Å². The summed E-state index contributed by atoms with van der Waals surface area (Å²) in [7, 11) is 1.04. The molecule has 0 aliphatic carbocycles. The fraction of sp³-hybridized carbons (Fsp3) is 0.415.